The number of rotatable bonds is 2. The van der Waals surface area contributed by atoms with Crippen molar-refractivity contribution < 1.29 is 9.59 Å². The molecule has 0 saturated carbocycles. The monoisotopic (exact) mass is 238 g/mol. The van der Waals surface area contributed by atoms with E-state index in [9.17, 15) is 9.59 Å². The molecule has 2 fully saturated rings. The summed E-state index contributed by atoms with van der Waals surface area (Å²) in [6, 6.07) is 0.0265. The number of carbonyl (C=O) groups is 2. The Labute approximate surface area is 103 Å². The molecule has 4 heteroatoms. The molecule has 4 nitrogen and oxygen atoms in total. The van der Waals surface area contributed by atoms with E-state index in [4.69, 9.17) is 0 Å². The molecule has 0 aromatic rings. The fourth-order valence-electron chi connectivity index (χ4n) is 3.22. The van der Waals surface area contributed by atoms with Crippen LogP contribution in [0.2, 0.25) is 0 Å². The molecule has 17 heavy (non-hydrogen) atoms. The predicted octanol–water partition coefficient (Wildman–Crippen LogP) is 1.10. The summed E-state index contributed by atoms with van der Waals surface area (Å²) in [5.41, 5.74) is 0. The van der Waals surface area contributed by atoms with E-state index in [2.05, 4.69) is 5.32 Å². The smallest absolute Gasteiger partial charge is 0.240 e. The molecule has 0 aromatic heterocycles. The highest BCUT2D eigenvalue weighted by molar-refractivity contribution is 5.90. The van der Waals surface area contributed by atoms with Crippen molar-refractivity contribution in [3.8, 4) is 0 Å². The highest BCUT2D eigenvalue weighted by Gasteiger charge is 2.40. The van der Waals surface area contributed by atoms with Gasteiger partial charge in [0.2, 0.25) is 5.91 Å². The van der Waals surface area contributed by atoms with Gasteiger partial charge in [0, 0.05) is 6.04 Å². The number of fused-ring (bicyclic) bond motifs is 1. The summed E-state index contributed by atoms with van der Waals surface area (Å²) >= 11 is 0. The van der Waals surface area contributed by atoms with Gasteiger partial charge in [-0.25, -0.2) is 0 Å². The fraction of sp³-hybridized carbons (Fsp3) is 0.846. The van der Waals surface area contributed by atoms with Crippen molar-refractivity contribution in [2.45, 2.75) is 63.6 Å². The van der Waals surface area contributed by atoms with E-state index >= 15 is 0 Å². The first-order valence-corrected chi connectivity index (χ1v) is 6.65. The molecule has 0 radical (unpaired) electrons. The minimum Gasteiger partial charge on any atom is -0.328 e. The van der Waals surface area contributed by atoms with Crippen LogP contribution in [0.5, 0.6) is 0 Å². The number of piperidine rings is 1. The molecular weight excluding hydrogens is 216 g/mol. The standard InChI is InChI=1S/C13H22N2O2/c1-9(16)12-8-4-6-10-5-3-7-11(14-2)13(17)15(10)12/h10-12,14H,3-8H2,1-2H3. The molecule has 1 N–H and O–H groups in total. The number of nitrogens with zero attached hydrogens (tertiary/aromatic N) is 1. The van der Waals surface area contributed by atoms with Gasteiger partial charge in [-0.2, -0.15) is 0 Å². The zero-order valence-corrected chi connectivity index (χ0v) is 10.7. The highest BCUT2D eigenvalue weighted by Crippen LogP contribution is 2.30. The quantitative estimate of drug-likeness (QED) is 0.783. The van der Waals surface area contributed by atoms with E-state index < -0.39 is 0 Å². The second kappa shape index (κ2) is 5.17. The van der Waals surface area contributed by atoms with Crippen molar-refractivity contribution in [1.82, 2.24) is 10.2 Å². The molecule has 2 heterocycles. The lowest BCUT2D eigenvalue weighted by Crippen LogP contribution is -2.56. The molecule has 1 amide bonds. The molecule has 0 aliphatic carbocycles. The van der Waals surface area contributed by atoms with E-state index in [0.717, 1.165) is 38.5 Å². The fourth-order valence-corrected chi connectivity index (χ4v) is 3.22. The van der Waals surface area contributed by atoms with Gasteiger partial charge < -0.3 is 10.2 Å². The Hall–Kier alpha value is -0.900. The van der Waals surface area contributed by atoms with Crippen LogP contribution in [0.1, 0.15) is 45.4 Å². The van der Waals surface area contributed by atoms with Crippen LogP contribution in [0.4, 0.5) is 0 Å². The van der Waals surface area contributed by atoms with Crippen LogP contribution in [-0.4, -0.2) is 41.8 Å². The molecule has 2 aliphatic rings. The minimum absolute atomic E-state index is 0.0973. The third-order valence-electron chi connectivity index (χ3n) is 4.14. The van der Waals surface area contributed by atoms with Crippen LogP contribution in [-0.2, 0) is 9.59 Å². The lowest BCUT2D eigenvalue weighted by molar-refractivity contribution is -0.145. The van der Waals surface area contributed by atoms with Crippen LogP contribution in [0.25, 0.3) is 0 Å². The highest BCUT2D eigenvalue weighted by atomic mass is 16.2. The second-order valence-corrected chi connectivity index (χ2v) is 5.23. The summed E-state index contributed by atoms with van der Waals surface area (Å²) in [6.07, 6.45) is 5.99. The van der Waals surface area contributed by atoms with E-state index in [-0.39, 0.29) is 23.8 Å². The van der Waals surface area contributed by atoms with Crippen LogP contribution in [0.15, 0.2) is 0 Å². The number of amides is 1. The maximum absolute atomic E-state index is 12.4. The summed E-state index contributed by atoms with van der Waals surface area (Å²) in [4.78, 5) is 26.0. The molecule has 0 aromatic carbocycles. The summed E-state index contributed by atoms with van der Waals surface area (Å²) in [5.74, 6) is 0.273. The summed E-state index contributed by atoms with van der Waals surface area (Å²) in [7, 11) is 1.83. The molecule has 0 bridgehead atoms. The first-order chi connectivity index (χ1) is 8.15. The summed E-state index contributed by atoms with van der Waals surface area (Å²) in [6.45, 7) is 1.61. The maximum Gasteiger partial charge on any atom is 0.240 e. The van der Waals surface area contributed by atoms with Crippen LogP contribution < -0.4 is 5.32 Å². The topological polar surface area (TPSA) is 49.4 Å². The summed E-state index contributed by atoms with van der Waals surface area (Å²) < 4.78 is 0. The number of hydrogen-bond acceptors (Lipinski definition) is 3. The Morgan fingerprint density at radius 1 is 1.24 bits per heavy atom. The minimum atomic E-state index is -0.171. The SMILES string of the molecule is CNC1CCCC2CCCC(C(C)=O)N2C1=O. The third-order valence-corrected chi connectivity index (χ3v) is 4.14. The Kier molecular flexibility index (Phi) is 3.82. The van der Waals surface area contributed by atoms with Gasteiger partial charge in [-0.05, 0) is 52.5 Å². The molecule has 0 spiro atoms. The Morgan fingerprint density at radius 2 is 1.88 bits per heavy atom. The Bertz CT molecular complexity index is 317. The average molecular weight is 238 g/mol. The van der Waals surface area contributed by atoms with Gasteiger partial charge in [-0.1, -0.05) is 0 Å². The first-order valence-electron chi connectivity index (χ1n) is 6.65. The zero-order valence-electron chi connectivity index (χ0n) is 10.7. The largest absolute Gasteiger partial charge is 0.328 e. The van der Waals surface area contributed by atoms with Crippen molar-refractivity contribution in [1.29, 1.82) is 0 Å². The van der Waals surface area contributed by atoms with Crippen molar-refractivity contribution in [3.05, 3.63) is 0 Å². The van der Waals surface area contributed by atoms with Crippen molar-refractivity contribution in [2.75, 3.05) is 7.05 Å². The number of nitrogens with one attached hydrogen (secondary N) is 1. The maximum atomic E-state index is 12.4. The average Bonchev–Trinajstić information content (AvgIpc) is 2.48. The van der Waals surface area contributed by atoms with Crippen LogP contribution >= 0.6 is 0 Å². The van der Waals surface area contributed by atoms with Gasteiger partial charge in [-0.3, -0.25) is 9.59 Å². The van der Waals surface area contributed by atoms with Crippen LogP contribution in [0, 0.1) is 0 Å². The first kappa shape index (κ1) is 12.6. The molecule has 96 valence electrons. The molecular formula is C13H22N2O2. The number of hydrogen-bond donors (Lipinski definition) is 1. The van der Waals surface area contributed by atoms with E-state index in [1.807, 2.05) is 11.9 Å². The van der Waals surface area contributed by atoms with Crippen molar-refractivity contribution in [2.24, 2.45) is 0 Å². The van der Waals surface area contributed by atoms with Crippen molar-refractivity contribution >= 4 is 11.7 Å². The Balaban J connectivity index is 2.24. The molecule has 2 aliphatic heterocycles. The Morgan fingerprint density at radius 3 is 2.47 bits per heavy atom. The molecule has 3 unspecified atom stereocenters. The number of ketones is 1. The van der Waals surface area contributed by atoms with E-state index in [1.54, 1.807) is 6.92 Å². The lowest BCUT2D eigenvalue weighted by Gasteiger charge is -2.41. The van der Waals surface area contributed by atoms with Crippen LogP contribution in [0.3, 0.4) is 0 Å². The van der Waals surface area contributed by atoms with Gasteiger partial charge in [-0.15, -0.1) is 0 Å². The zero-order chi connectivity index (χ0) is 12.4. The van der Waals surface area contributed by atoms with Gasteiger partial charge in [0.1, 0.15) is 0 Å². The number of carbonyl (C=O) groups excluding carboxylic acids is 2. The van der Waals surface area contributed by atoms with E-state index in [0.29, 0.717) is 6.04 Å². The molecule has 3 atom stereocenters. The third kappa shape index (κ3) is 2.37. The molecule has 2 saturated heterocycles. The van der Waals surface area contributed by atoms with E-state index in [1.165, 1.54) is 0 Å². The second-order valence-electron chi connectivity index (χ2n) is 5.23. The number of likely N-dealkylation sites (N-methyl/N-ethyl adjacent to an activating group) is 1. The van der Waals surface area contributed by atoms with Gasteiger partial charge in [0.15, 0.2) is 5.78 Å². The summed E-state index contributed by atoms with van der Waals surface area (Å²) in [5, 5.41) is 3.08. The van der Waals surface area contributed by atoms with Gasteiger partial charge >= 0.3 is 0 Å². The predicted molar refractivity (Wildman–Crippen MR) is 65.7 cm³/mol. The van der Waals surface area contributed by atoms with Gasteiger partial charge in [0.25, 0.3) is 0 Å². The van der Waals surface area contributed by atoms with Crippen molar-refractivity contribution in [3.63, 3.8) is 0 Å². The molecule has 2 rings (SSSR count). The normalized spacial score (nSPS) is 34.1. The van der Waals surface area contributed by atoms with Gasteiger partial charge in [0.05, 0.1) is 12.1 Å². The lowest BCUT2D eigenvalue weighted by atomic mass is 9.91. The number of Topliss-reactive ketones (excluding diaryl/α,β-unsaturated/α-hetero) is 1.